The molecule has 5 nitrogen and oxygen atoms in total. The fourth-order valence-electron chi connectivity index (χ4n) is 4.39. The third-order valence-corrected chi connectivity index (χ3v) is 5.74. The van der Waals surface area contributed by atoms with Crippen LogP contribution in [0.15, 0.2) is 12.1 Å². The second kappa shape index (κ2) is 8.31. The number of hydrogen-bond donors (Lipinski definition) is 0. The number of morpholine rings is 1. The van der Waals surface area contributed by atoms with Crippen molar-refractivity contribution in [3.05, 3.63) is 34.4 Å². The molecule has 0 aromatic heterocycles. The molecule has 1 amide bonds. The van der Waals surface area contributed by atoms with Crippen LogP contribution in [0.4, 0.5) is 0 Å². The van der Waals surface area contributed by atoms with Crippen molar-refractivity contribution in [3.8, 4) is 0 Å². The number of rotatable bonds is 6. The van der Waals surface area contributed by atoms with Gasteiger partial charge in [-0.25, -0.2) is 0 Å². The van der Waals surface area contributed by atoms with Crippen LogP contribution < -0.4 is 0 Å². The predicted molar refractivity (Wildman–Crippen MR) is 102 cm³/mol. The largest absolute Gasteiger partial charge is 0.371 e. The molecule has 1 heterocycles. The summed E-state index contributed by atoms with van der Waals surface area (Å²) in [4.78, 5) is 28.8. The Bertz CT molecular complexity index is 667. The van der Waals surface area contributed by atoms with E-state index in [0.717, 1.165) is 56.4 Å². The Morgan fingerprint density at radius 1 is 1.31 bits per heavy atom. The van der Waals surface area contributed by atoms with Gasteiger partial charge in [0.15, 0.2) is 6.29 Å². The van der Waals surface area contributed by atoms with Crippen LogP contribution in [-0.4, -0.2) is 60.8 Å². The van der Waals surface area contributed by atoms with Crippen molar-refractivity contribution in [1.29, 1.82) is 0 Å². The number of fused-ring (bicyclic) bond motifs is 3. The lowest BCUT2D eigenvalue weighted by Gasteiger charge is -2.44. The van der Waals surface area contributed by atoms with Gasteiger partial charge >= 0.3 is 0 Å². The standard InChI is InChI=1S/C21H30N2O3/c1-4-9-23-10-11-26-20-17-13-18(21(25)22(5-2)6-3)16(14-24)12-15(17)7-8-19(20)23/h12-14,19-20H,4-11H2,1-3H3. The van der Waals surface area contributed by atoms with E-state index < -0.39 is 0 Å². The van der Waals surface area contributed by atoms with Crippen LogP contribution in [0.25, 0.3) is 0 Å². The zero-order valence-electron chi connectivity index (χ0n) is 16.2. The molecule has 2 unspecified atom stereocenters. The second-order valence-corrected chi connectivity index (χ2v) is 7.17. The molecule has 2 atom stereocenters. The Morgan fingerprint density at radius 3 is 2.73 bits per heavy atom. The zero-order valence-corrected chi connectivity index (χ0v) is 16.2. The maximum absolute atomic E-state index is 12.9. The highest BCUT2D eigenvalue weighted by Gasteiger charge is 2.38. The van der Waals surface area contributed by atoms with E-state index in [1.807, 2.05) is 26.0 Å². The number of aryl methyl sites for hydroxylation is 1. The van der Waals surface area contributed by atoms with Crippen molar-refractivity contribution in [2.75, 3.05) is 32.8 Å². The molecule has 1 aromatic rings. The van der Waals surface area contributed by atoms with Gasteiger partial charge in [0, 0.05) is 31.2 Å². The number of ether oxygens (including phenoxy) is 1. The first-order valence-electron chi connectivity index (χ1n) is 9.91. The van der Waals surface area contributed by atoms with Crippen molar-refractivity contribution in [2.24, 2.45) is 0 Å². The van der Waals surface area contributed by atoms with Crippen molar-refractivity contribution < 1.29 is 14.3 Å². The number of carbonyl (C=O) groups excluding carboxylic acids is 2. The maximum Gasteiger partial charge on any atom is 0.254 e. The number of benzene rings is 1. The minimum Gasteiger partial charge on any atom is -0.371 e. The van der Waals surface area contributed by atoms with Crippen LogP contribution in [0.2, 0.25) is 0 Å². The van der Waals surface area contributed by atoms with Crippen LogP contribution in [-0.2, 0) is 11.2 Å². The van der Waals surface area contributed by atoms with Crippen LogP contribution in [0.1, 0.15) is 71.6 Å². The number of hydrogen-bond acceptors (Lipinski definition) is 4. The monoisotopic (exact) mass is 358 g/mol. The smallest absolute Gasteiger partial charge is 0.254 e. The molecule has 0 N–H and O–H groups in total. The number of carbonyl (C=O) groups is 2. The highest BCUT2D eigenvalue weighted by Crippen LogP contribution is 2.39. The average molecular weight is 358 g/mol. The lowest BCUT2D eigenvalue weighted by Crippen LogP contribution is -2.49. The molecule has 0 saturated carbocycles. The molecule has 0 bridgehead atoms. The maximum atomic E-state index is 12.9. The molecule has 1 fully saturated rings. The Kier molecular flexibility index (Phi) is 6.09. The Labute approximate surface area is 156 Å². The van der Waals surface area contributed by atoms with E-state index in [-0.39, 0.29) is 12.0 Å². The third-order valence-electron chi connectivity index (χ3n) is 5.74. The first-order valence-corrected chi connectivity index (χ1v) is 9.91. The van der Waals surface area contributed by atoms with Gasteiger partial charge < -0.3 is 9.64 Å². The normalized spacial score (nSPS) is 22.4. The van der Waals surface area contributed by atoms with Gasteiger partial charge in [-0.1, -0.05) is 6.92 Å². The van der Waals surface area contributed by atoms with Crippen LogP contribution in [0.5, 0.6) is 0 Å². The predicted octanol–water partition coefficient (Wildman–Crippen LogP) is 3.08. The SMILES string of the molecule is CCCN1CCOC2c3cc(C(=O)N(CC)CC)c(C=O)cc3CCC21. The molecule has 1 aliphatic carbocycles. The van der Waals surface area contributed by atoms with Gasteiger partial charge in [-0.05, 0) is 62.9 Å². The van der Waals surface area contributed by atoms with E-state index in [0.29, 0.717) is 30.3 Å². The molecule has 26 heavy (non-hydrogen) atoms. The van der Waals surface area contributed by atoms with Gasteiger partial charge in [-0.3, -0.25) is 14.5 Å². The topological polar surface area (TPSA) is 49.9 Å². The van der Waals surface area contributed by atoms with Crippen molar-refractivity contribution in [2.45, 2.75) is 52.2 Å². The summed E-state index contributed by atoms with van der Waals surface area (Å²) in [5.41, 5.74) is 3.27. The van der Waals surface area contributed by atoms with Crippen molar-refractivity contribution in [3.63, 3.8) is 0 Å². The molecule has 2 aliphatic rings. The van der Waals surface area contributed by atoms with E-state index in [9.17, 15) is 9.59 Å². The second-order valence-electron chi connectivity index (χ2n) is 7.17. The quantitative estimate of drug-likeness (QED) is 0.734. The Morgan fingerprint density at radius 2 is 2.08 bits per heavy atom. The molecule has 0 radical (unpaired) electrons. The van der Waals surface area contributed by atoms with Crippen molar-refractivity contribution in [1.82, 2.24) is 9.80 Å². The molecule has 1 aliphatic heterocycles. The Hall–Kier alpha value is -1.72. The lowest BCUT2D eigenvalue weighted by molar-refractivity contribution is -0.0801. The molecular formula is C21H30N2O3. The van der Waals surface area contributed by atoms with E-state index >= 15 is 0 Å². The highest BCUT2D eigenvalue weighted by molar-refractivity contribution is 6.01. The summed E-state index contributed by atoms with van der Waals surface area (Å²) >= 11 is 0. The molecule has 142 valence electrons. The summed E-state index contributed by atoms with van der Waals surface area (Å²) in [6.07, 6.45) is 3.92. The van der Waals surface area contributed by atoms with Crippen LogP contribution in [0.3, 0.4) is 0 Å². The van der Waals surface area contributed by atoms with Crippen LogP contribution in [0, 0.1) is 0 Å². The molecule has 1 aromatic carbocycles. The van der Waals surface area contributed by atoms with Gasteiger partial charge in [0.05, 0.1) is 18.3 Å². The first-order chi connectivity index (χ1) is 12.6. The third kappa shape index (κ3) is 3.42. The van der Waals surface area contributed by atoms with Crippen molar-refractivity contribution >= 4 is 12.2 Å². The summed E-state index contributed by atoms with van der Waals surface area (Å²) in [5, 5.41) is 0. The zero-order chi connectivity index (χ0) is 18.7. The molecule has 3 rings (SSSR count). The van der Waals surface area contributed by atoms with Gasteiger partial charge in [-0.15, -0.1) is 0 Å². The van der Waals surface area contributed by atoms with Crippen LogP contribution >= 0.6 is 0 Å². The highest BCUT2D eigenvalue weighted by atomic mass is 16.5. The fourth-order valence-corrected chi connectivity index (χ4v) is 4.39. The van der Waals surface area contributed by atoms with E-state index in [1.165, 1.54) is 0 Å². The summed E-state index contributed by atoms with van der Waals surface area (Å²) in [6.45, 7) is 10.2. The van der Waals surface area contributed by atoms with Gasteiger partial charge in [0.1, 0.15) is 0 Å². The van der Waals surface area contributed by atoms with Gasteiger partial charge in [0.2, 0.25) is 0 Å². The minimum atomic E-state index is -0.0664. The fraction of sp³-hybridized carbons (Fsp3) is 0.619. The number of amides is 1. The molecule has 5 heteroatoms. The minimum absolute atomic E-state index is 0.00278. The van der Waals surface area contributed by atoms with Gasteiger partial charge in [-0.2, -0.15) is 0 Å². The summed E-state index contributed by atoms with van der Waals surface area (Å²) < 4.78 is 6.15. The molecule has 0 spiro atoms. The molecular weight excluding hydrogens is 328 g/mol. The average Bonchev–Trinajstić information content (AvgIpc) is 2.68. The molecule has 1 saturated heterocycles. The van der Waals surface area contributed by atoms with E-state index in [1.54, 1.807) is 4.90 Å². The summed E-state index contributed by atoms with van der Waals surface area (Å²) in [6, 6.07) is 4.22. The summed E-state index contributed by atoms with van der Waals surface area (Å²) in [7, 11) is 0. The lowest BCUT2D eigenvalue weighted by atomic mass is 9.82. The number of nitrogens with zero attached hydrogens (tertiary/aromatic N) is 2. The van der Waals surface area contributed by atoms with E-state index in [2.05, 4.69) is 11.8 Å². The number of aldehydes is 1. The van der Waals surface area contributed by atoms with E-state index in [4.69, 9.17) is 4.74 Å². The van der Waals surface area contributed by atoms with Gasteiger partial charge in [0.25, 0.3) is 5.91 Å². The first kappa shape index (κ1) is 19.1. The Balaban J connectivity index is 2.00. The summed E-state index contributed by atoms with van der Waals surface area (Å²) in [5.74, 6) is -0.0664.